The van der Waals surface area contributed by atoms with Gasteiger partial charge in [0.25, 0.3) is 0 Å². The molecule has 1 heterocycles. The van der Waals surface area contributed by atoms with Crippen LogP contribution in [0.2, 0.25) is 0 Å². The van der Waals surface area contributed by atoms with Crippen LogP contribution in [-0.2, 0) is 18.0 Å². The van der Waals surface area contributed by atoms with Gasteiger partial charge in [-0.3, -0.25) is 4.98 Å². The highest BCUT2D eigenvalue weighted by atomic mass is 16.4. The van der Waals surface area contributed by atoms with Gasteiger partial charge in [-0.05, 0) is 6.92 Å². The Morgan fingerprint density at radius 2 is 1.82 bits per heavy atom. The zero-order valence-electron chi connectivity index (χ0n) is 9.29. The van der Waals surface area contributed by atoms with Gasteiger partial charge in [-0.15, -0.1) is 0 Å². The summed E-state index contributed by atoms with van der Waals surface area (Å²) in [5.74, 6) is -1.23. The molecule has 0 aliphatic rings. The third kappa shape index (κ3) is 4.77. The molecule has 0 bridgehead atoms. The van der Waals surface area contributed by atoms with Crippen LogP contribution < -0.4 is 0 Å². The number of aliphatic hydroxyl groups excluding tert-OH is 3. The fourth-order valence-corrected chi connectivity index (χ4v) is 0.997. The molecule has 0 aliphatic heterocycles. The number of aromatic nitrogens is 1. The van der Waals surface area contributed by atoms with Crippen LogP contribution in [0.25, 0.3) is 0 Å². The molecule has 0 saturated carbocycles. The summed E-state index contributed by atoms with van der Waals surface area (Å²) in [6.45, 7) is 0.345. The maximum absolute atomic E-state index is 9.38. The molecule has 0 aliphatic carbocycles. The van der Waals surface area contributed by atoms with E-state index in [2.05, 4.69) is 4.98 Å². The van der Waals surface area contributed by atoms with Gasteiger partial charge in [0.2, 0.25) is 0 Å². The van der Waals surface area contributed by atoms with Crippen molar-refractivity contribution in [2.45, 2.75) is 20.1 Å². The van der Waals surface area contributed by atoms with E-state index in [-0.39, 0.29) is 19.0 Å². The Bertz CT molecular complexity index is 379. The van der Waals surface area contributed by atoms with Crippen LogP contribution in [-0.4, -0.2) is 43.1 Å². The zero-order chi connectivity index (χ0) is 13.4. The molecule has 0 unspecified atom stereocenters. The van der Waals surface area contributed by atoms with Crippen molar-refractivity contribution in [1.82, 2.24) is 4.98 Å². The van der Waals surface area contributed by atoms with Crippen molar-refractivity contribution in [3.63, 3.8) is 0 Å². The summed E-state index contributed by atoms with van der Waals surface area (Å²) < 4.78 is 0. The molecule has 0 atom stereocenters. The van der Waals surface area contributed by atoms with Crippen molar-refractivity contribution < 1.29 is 30.3 Å². The van der Waals surface area contributed by atoms with E-state index in [1.807, 2.05) is 0 Å². The number of aryl methyl sites for hydroxylation is 1. The van der Waals surface area contributed by atoms with E-state index < -0.39 is 12.6 Å². The minimum Gasteiger partial charge on any atom is -0.506 e. The third-order valence-corrected chi connectivity index (χ3v) is 1.89. The van der Waals surface area contributed by atoms with Gasteiger partial charge in [0.05, 0.1) is 18.9 Å². The number of aromatic hydroxyl groups is 1. The van der Waals surface area contributed by atoms with Crippen molar-refractivity contribution in [3.05, 3.63) is 23.0 Å². The van der Waals surface area contributed by atoms with Crippen molar-refractivity contribution in [3.8, 4) is 5.75 Å². The van der Waals surface area contributed by atoms with Gasteiger partial charge in [-0.25, -0.2) is 4.79 Å². The van der Waals surface area contributed by atoms with E-state index >= 15 is 0 Å². The number of rotatable bonds is 3. The minimum atomic E-state index is -1.19. The molecule has 1 aromatic rings. The largest absolute Gasteiger partial charge is 0.506 e. The Morgan fingerprint density at radius 3 is 2.18 bits per heavy atom. The van der Waals surface area contributed by atoms with Crippen LogP contribution in [0.5, 0.6) is 5.75 Å². The molecule has 0 aromatic carbocycles. The van der Waals surface area contributed by atoms with E-state index in [4.69, 9.17) is 25.2 Å². The molecular weight excluding hydrogens is 230 g/mol. The average molecular weight is 245 g/mol. The van der Waals surface area contributed by atoms with Gasteiger partial charge in [-0.1, -0.05) is 0 Å². The number of carboxylic acid groups (broad SMARTS) is 1. The second-order valence-electron chi connectivity index (χ2n) is 3.06. The lowest BCUT2D eigenvalue weighted by Crippen LogP contribution is -1.98. The number of pyridine rings is 1. The molecule has 1 aromatic heterocycles. The normalized spacial score (nSPS) is 9.41. The van der Waals surface area contributed by atoms with Crippen molar-refractivity contribution in [1.29, 1.82) is 0 Å². The summed E-state index contributed by atoms with van der Waals surface area (Å²) >= 11 is 0. The van der Waals surface area contributed by atoms with Gasteiger partial charge in [0, 0.05) is 17.3 Å². The average Bonchev–Trinajstić information content (AvgIpc) is 2.33. The number of nitrogens with zero attached hydrogens (tertiary/aromatic N) is 1. The first-order chi connectivity index (χ1) is 7.97. The lowest BCUT2D eigenvalue weighted by atomic mass is 10.1. The molecule has 96 valence electrons. The topological polar surface area (TPSA) is 131 Å². The summed E-state index contributed by atoms with van der Waals surface area (Å²) in [4.78, 5) is 13.0. The number of hydrogen-bond donors (Lipinski definition) is 5. The SMILES string of the molecule is Cc1ncc(CO)c(CO)c1O.O=C(O)CO. The maximum Gasteiger partial charge on any atom is 0.329 e. The number of carbonyl (C=O) groups is 1. The van der Waals surface area contributed by atoms with Crippen LogP contribution in [0.15, 0.2) is 6.20 Å². The number of aliphatic hydroxyl groups is 3. The Kier molecular flexibility index (Phi) is 6.80. The Hall–Kier alpha value is -1.70. The zero-order valence-corrected chi connectivity index (χ0v) is 9.29. The maximum atomic E-state index is 9.38. The lowest BCUT2D eigenvalue weighted by Gasteiger charge is -2.07. The summed E-state index contributed by atoms with van der Waals surface area (Å²) in [5.41, 5.74) is 1.27. The number of carboxylic acids is 1. The van der Waals surface area contributed by atoms with Gasteiger partial charge in [0.1, 0.15) is 12.4 Å². The van der Waals surface area contributed by atoms with E-state index in [9.17, 15) is 5.11 Å². The molecule has 0 spiro atoms. The minimum absolute atomic E-state index is 0.0379. The number of aliphatic carboxylic acids is 1. The first kappa shape index (κ1) is 15.3. The van der Waals surface area contributed by atoms with E-state index in [0.717, 1.165) is 0 Å². The van der Waals surface area contributed by atoms with Gasteiger partial charge >= 0.3 is 5.97 Å². The number of hydrogen-bond acceptors (Lipinski definition) is 6. The summed E-state index contributed by atoms with van der Waals surface area (Å²) in [6, 6.07) is 0. The highest BCUT2D eigenvalue weighted by Gasteiger charge is 2.09. The lowest BCUT2D eigenvalue weighted by molar-refractivity contribution is -0.140. The first-order valence-electron chi connectivity index (χ1n) is 4.68. The summed E-state index contributed by atoms with van der Waals surface area (Å²) in [7, 11) is 0. The monoisotopic (exact) mass is 245 g/mol. The molecule has 5 N–H and O–H groups in total. The molecule has 0 amide bonds. The molecule has 0 fully saturated rings. The first-order valence-corrected chi connectivity index (χ1v) is 4.68. The Labute approximate surface area is 97.6 Å². The van der Waals surface area contributed by atoms with Crippen molar-refractivity contribution in [2.75, 3.05) is 6.61 Å². The van der Waals surface area contributed by atoms with Crippen LogP contribution in [0.4, 0.5) is 0 Å². The standard InChI is InChI=1S/C8H11NO3.C2H4O3/c1-5-8(12)7(4-11)6(3-10)2-9-5;3-1-2(4)5/h2,10-12H,3-4H2,1H3;3H,1H2,(H,4,5). The van der Waals surface area contributed by atoms with Gasteiger partial charge in [-0.2, -0.15) is 0 Å². The Balaban J connectivity index is 0.000000437. The van der Waals surface area contributed by atoms with Crippen LogP contribution in [0.3, 0.4) is 0 Å². The predicted octanol–water partition coefficient (Wildman–Crippen LogP) is -0.856. The molecule has 7 heteroatoms. The quantitative estimate of drug-likeness (QED) is 0.468. The fourth-order valence-electron chi connectivity index (χ4n) is 0.997. The molecule has 1 rings (SSSR count). The van der Waals surface area contributed by atoms with E-state index in [0.29, 0.717) is 16.8 Å². The van der Waals surface area contributed by atoms with Gasteiger partial charge in [0.15, 0.2) is 0 Å². The second kappa shape index (κ2) is 7.55. The van der Waals surface area contributed by atoms with Crippen LogP contribution in [0.1, 0.15) is 16.8 Å². The second-order valence-corrected chi connectivity index (χ2v) is 3.06. The summed E-state index contributed by atoms with van der Waals surface area (Å²) in [5, 5.41) is 42.1. The summed E-state index contributed by atoms with van der Waals surface area (Å²) in [6.07, 6.45) is 1.45. The third-order valence-electron chi connectivity index (χ3n) is 1.89. The predicted molar refractivity (Wildman–Crippen MR) is 57.2 cm³/mol. The van der Waals surface area contributed by atoms with Crippen molar-refractivity contribution in [2.24, 2.45) is 0 Å². The molecule has 0 radical (unpaired) electrons. The Morgan fingerprint density at radius 1 is 1.29 bits per heavy atom. The fraction of sp³-hybridized carbons (Fsp3) is 0.400. The van der Waals surface area contributed by atoms with Crippen molar-refractivity contribution >= 4 is 5.97 Å². The van der Waals surface area contributed by atoms with Crippen LogP contribution in [0, 0.1) is 6.92 Å². The molecule has 7 nitrogen and oxygen atoms in total. The molecule has 0 saturated heterocycles. The smallest absolute Gasteiger partial charge is 0.329 e. The molecular formula is C10H15NO6. The highest BCUT2D eigenvalue weighted by Crippen LogP contribution is 2.23. The van der Waals surface area contributed by atoms with Crippen LogP contribution >= 0.6 is 0 Å². The van der Waals surface area contributed by atoms with E-state index in [1.165, 1.54) is 6.20 Å². The highest BCUT2D eigenvalue weighted by molar-refractivity contribution is 5.67. The molecule has 17 heavy (non-hydrogen) atoms. The van der Waals surface area contributed by atoms with E-state index in [1.54, 1.807) is 6.92 Å². The van der Waals surface area contributed by atoms with Gasteiger partial charge < -0.3 is 25.5 Å².